The summed E-state index contributed by atoms with van der Waals surface area (Å²) in [5.74, 6) is -2.58. The number of esters is 1. The molecule has 35 heavy (non-hydrogen) atoms. The van der Waals surface area contributed by atoms with Crippen LogP contribution in [0.5, 0.6) is 0 Å². The van der Waals surface area contributed by atoms with E-state index >= 15 is 0 Å². The Hall–Kier alpha value is -2.19. The first-order valence-corrected chi connectivity index (χ1v) is 13.1. The standard InChI is InChI=1S/C27H40N2O6/c1-6-10-18(4)28-13-9-12-27-20(21-25(33)34-14-8-7-11-26(21,5)35-27)23(31)29(22(27)24(28)32)19(16-30)15-17(2)3/h7,9,11-12,17-22,30H,6,8,10,13-16H2,1-5H3/t18?,19-,20+,21-,22?,26+,27+/m1/s1. The van der Waals surface area contributed by atoms with E-state index in [0.29, 0.717) is 19.4 Å². The molecule has 0 radical (unpaired) electrons. The largest absolute Gasteiger partial charge is 0.465 e. The van der Waals surface area contributed by atoms with Crippen LogP contribution >= 0.6 is 0 Å². The van der Waals surface area contributed by atoms with Gasteiger partial charge in [-0.2, -0.15) is 0 Å². The molecule has 8 heteroatoms. The van der Waals surface area contributed by atoms with Gasteiger partial charge in [0, 0.05) is 12.6 Å². The first-order valence-electron chi connectivity index (χ1n) is 13.1. The van der Waals surface area contributed by atoms with Crippen LogP contribution in [0, 0.1) is 17.8 Å². The summed E-state index contributed by atoms with van der Waals surface area (Å²) in [6, 6.07) is -1.53. The van der Waals surface area contributed by atoms with Gasteiger partial charge in [0.2, 0.25) is 11.8 Å². The van der Waals surface area contributed by atoms with Gasteiger partial charge in [0.05, 0.1) is 30.8 Å². The van der Waals surface area contributed by atoms with Crippen LogP contribution in [0.15, 0.2) is 24.3 Å². The second kappa shape index (κ2) is 9.69. The number of fused-ring (bicyclic) bond motifs is 2. The zero-order valence-electron chi connectivity index (χ0n) is 21.6. The summed E-state index contributed by atoms with van der Waals surface area (Å²) in [5.41, 5.74) is -2.39. The molecule has 0 aromatic heterocycles. The summed E-state index contributed by atoms with van der Waals surface area (Å²) in [5, 5.41) is 10.4. The Morgan fingerprint density at radius 3 is 2.51 bits per heavy atom. The maximum atomic E-state index is 14.3. The van der Waals surface area contributed by atoms with Crippen LogP contribution in [-0.2, 0) is 23.9 Å². The van der Waals surface area contributed by atoms with E-state index < -0.39 is 41.1 Å². The number of nitrogens with zero attached hydrogens (tertiary/aromatic N) is 2. The third kappa shape index (κ3) is 4.12. The van der Waals surface area contributed by atoms with Gasteiger partial charge in [0.1, 0.15) is 17.6 Å². The average molecular weight is 489 g/mol. The number of cyclic esters (lactones) is 1. The van der Waals surface area contributed by atoms with Crippen LogP contribution in [-0.4, -0.2) is 81.8 Å². The summed E-state index contributed by atoms with van der Waals surface area (Å²) in [6.07, 6.45) is 10.4. The number of carbonyl (C=O) groups is 3. The maximum Gasteiger partial charge on any atom is 0.313 e. The van der Waals surface area contributed by atoms with Crippen LogP contribution in [0.25, 0.3) is 0 Å². The minimum absolute atomic E-state index is 0.0171. The van der Waals surface area contributed by atoms with Crippen molar-refractivity contribution in [3.05, 3.63) is 24.3 Å². The molecule has 1 spiro atoms. The predicted molar refractivity (Wildman–Crippen MR) is 130 cm³/mol. The van der Waals surface area contributed by atoms with E-state index in [-0.39, 0.29) is 37.0 Å². The van der Waals surface area contributed by atoms with E-state index in [9.17, 15) is 19.5 Å². The lowest BCUT2D eigenvalue weighted by Crippen LogP contribution is -2.60. The number of hydrogen-bond donors (Lipinski definition) is 1. The zero-order valence-corrected chi connectivity index (χ0v) is 21.6. The molecule has 8 nitrogen and oxygen atoms in total. The third-order valence-electron chi connectivity index (χ3n) is 8.07. The van der Waals surface area contributed by atoms with Gasteiger partial charge in [-0.15, -0.1) is 0 Å². The van der Waals surface area contributed by atoms with Gasteiger partial charge >= 0.3 is 5.97 Å². The van der Waals surface area contributed by atoms with Crippen molar-refractivity contribution in [3.8, 4) is 0 Å². The third-order valence-corrected chi connectivity index (χ3v) is 8.07. The van der Waals surface area contributed by atoms with Crippen molar-refractivity contribution in [3.63, 3.8) is 0 Å². The predicted octanol–water partition coefficient (Wildman–Crippen LogP) is 2.45. The lowest BCUT2D eigenvalue weighted by Gasteiger charge is -2.41. The molecule has 4 aliphatic heterocycles. The van der Waals surface area contributed by atoms with Crippen molar-refractivity contribution in [1.82, 2.24) is 9.80 Å². The summed E-state index contributed by atoms with van der Waals surface area (Å²) < 4.78 is 12.3. The average Bonchev–Trinajstić information content (AvgIpc) is 3.11. The number of carbonyl (C=O) groups excluding carboxylic acids is 3. The monoisotopic (exact) mass is 488 g/mol. The molecule has 2 unspecified atom stereocenters. The van der Waals surface area contributed by atoms with E-state index in [2.05, 4.69) is 6.92 Å². The Morgan fingerprint density at radius 2 is 1.86 bits per heavy atom. The summed E-state index contributed by atoms with van der Waals surface area (Å²) in [4.78, 5) is 45.1. The fraction of sp³-hybridized carbons (Fsp3) is 0.741. The molecule has 0 aromatic carbocycles. The number of amides is 2. The van der Waals surface area contributed by atoms with E-state index in [1.54, 1.807) is 11.8 Å². The zero-order chi connectivity index (χ0) is 25.5. The van der Waals surface area contributed by atoms with Gasteiger partial charge in [0.25, 0.3) is 0 Å². The number of rotatable bonds is 7. The Labute approximate surface area is 208 Å². The van der Waals surface area contributed by atoms with E-state index in [4.69, 9.17) is 9.47 Å². The van der Waals surface area contributed by atoms with Crippen molar-refractivity contribution >= 4 is 17.8 Å². The first kappa shape index (κ1) is 25.9. The van der Waals surface area contributed by atoms with Crippen molar-refractivity contribution in [2.24, 2.45) is 17.8 Å². The van der Waals surface area contributed by atoms with Crippen molar-refractivity contribution in [2.45, 2.75) is 89.6 Å². The van der Waals surface area contributed by atoms with Crippen molar-refractivity contribution in [1.29, 1.82) is 0 Å². The summed E-state index contributed by atoms with van der Waals surface area (Å²) in [6.45, 7) is 10.3. The molecule has 2 saturated heterocycles. The molecule has 4 rings (SSSR count). The van der Waals surface area contributed by atoms with E-state index in [0.717, 1.165) is 12.8 Å². The maximum absolute atomic E-state index is 14.3. The molecule has 1 N–H and O–H groups in total. The van der Waals surface area contributed by atoms with Crippen LogP contribution < -0.4 is 0 Å². The highest BCUT2D eigenvalue weighted by molar-refractivity contribution is 5.99. The number of aliphatic hydroxyl groups excluding tert-OH is 1. The second-order valence-electron chi connectivity index (χ2n) is 11.1. The SMILES string of the molecule is CCCC(C)N1CC=C[C@]23O[C@@]4(C)C=CCCOC(=O)[C@H]4[C@H]2C(=O)N([C@@H](CO)CC(C)C)C3C1=O. The molecule has 194 valence electrons. The highest BCUT2D eigenvalue weighted by Crippen LogP contribution is 2.57. The lowest BCUT2D eigenvalue weighted by atomic mass is 9.74. The number of hydrogen-bond acceptors (Lipinski definition) is 6. The van der Waals surface area contributed by atoms with E-state index in [1.165, 1.54) is 0 Å². The minimum Gasteiger partial charge on any atom is -0.465 e. The Bertz CT molecular complexity index is 915. The van der Waals surface area contributed by atoms with Crippen LogP contribution in [0.1, 0.15) is 60.3 Å². The fourth-order valence-electron chi connectivity index (χ4n) is 6.63. The Kier molecular flexibility index (Phi) is 7.17. The van der Waals surface area contributed by atoms with Gasteiger partial charge in [-0.3, -0.25) is 14.4 Å². The Morgan fingerprint density at radius 1 is 1.11 bits per heavy atom. The normalized spacial score (nSPS) is 36.3. The molecule has 7 atom stereocenters. The second-order valence-corrected chi connectivity index (χ2v) is 11.1. The molecular weight excluding hydrogens is 448 g/mol. The van der Waals surface area contributed by atoms with Crippen molar-refractivity contribution in [2.75, 3.05) is 19.8 Å². The first-order chi connectivity index (χ1) is 16.6. The fourth-order valence-corrected chi connectivity index (χ4v) is 6.63. The molecule has 0 bridgehead atoms. The van der Waals surface area contributed by atoms with Crippen LogP contribution in [0.3, 0.4) is 0 Å². The van der Waals surface area contributed by atoms with E-state index in [1.807, 2.05) is 50.0 Å². The van der Waals surface area contributed by atoms with Gasteiger partial charge in [-0.05, 0) is 39.0 Å². The molecule has 2 amide bonds. The molecule has 4 aliphatic rings. The lowest BCUT2D eigenvalue weighted by molar-refractivity contribution is -0.162. The van der Waals surface area contributed by atoms with Gasteiger partial charge in [-0.25, -0.2) is 0 Å². The molecule has 0 aromatic rings. The molecule has 2 fully saturated rings. The van der Waals surface area contributed by atoms with Gasteiger partial charge in [0.15, 0.2) is 0 Å². The summed E-state index contributed by atoms with van der Waals surface area (Å²) in [7, 11) is 0. The molecule has 4 heterocycles. The molecule has 0 saturated carbocycles. The van der Waals surface area contributed by atoms with Crippen molar-refractivity contribution < 1.29 is 29.0 Å². The highest BCUT2D eigenvalue weighted by Gasteiger charge is 2.75. The summed E-state index contributed by atoms with van der Waals surface area (Å²) >= 11 is 0. The minimum atomic E-state index is -1.31. The number of likely N-dealkylation sites (tertiary alicyclic amines) is 1. The van der Waals surface area contributed by atoms with Gasteiger partial charge in [-0.1, -0.05) is 51.5 Å². The number of aliphatic hydroxyl groups is 1. The molecular formula is C27H40N2O6. The highest BCUT2D eigenvalue weighted by atomic mass is 16.6. The smallest absolute Gasteiger partial charge is 0.313 e. The number of ether oxygens (including phenoxy) is 2. The van der Waals surface area contributed by atoms with Crippen LogP contribution in [0.2, 0.25) is 0 Å². The van der Waals surface area contributed by atoms with Gasteiger partial charge < -0.3 is 24.4 Å². The quantitative estimate of drug-likeness (QED) is 0.437. The molecule has 0 aliphatic carbocycles. The van der Waals surface area contributed by atoms with Crippen LogP contribution in [0.4, 0.5) is 0 Å². The topological polar surface area (TPSA) is 96.4 Å². The Balaban J connectivity index is 1.88.